The van der Waals surface area contributed by atoms with Gasteiger partial charge in [-0.25, -0.2) is 0 Å². The van der Waals surface area contributed by atoms with E-state index in [2.05, 4.69) is 31.1 Å². The van der Waals surface area contributed by atoms with Crippen LogP contribution in [0, 0.1) is 11.8 Å². The third-order valence-corrected chi connectivity index (χ3v) is 3.40. The van der Waals surface area contributed by atoms with E-state index in [1.54, 1.807) is 18.9 Å². The van der Waals surface area contributed by atoms with Crippen molar-refractivity contribution in [3.8, 4) is 17.6 Å². The third kappa shape index (κ3) is 4.36. The normalized spacial score (nSPS) is 9.59. The minimum absolute atomic E-state index is 0.782. The number of unbranched alkanes of at least 4 members (excludes halogenated alkanes) is 2. The molecule has 0 aliphatic heterocycles. The predicted molar refractivity (Wildman–Crippen MR) is 75.8 cm³/mol. The molecule has 0 aromatic heterocycles. The molecule has 92 valence electrons. The van der Waals surface area contributed by atoms with Crippen molar-refractivity contribution >= 4 is 11.8 Å². The van der Waals surface area contributed by atoms with Crippen molar-refractivity contribution in [3.05, 3.63) is 23.8 Å². The van der Waals surface area contributed by atoms with Gasteiger partial charge in [-0.05, 0) is 24.8 Å². The van der Waals surface area contributed by atoms with Gasteiger partial charge in [0.1, 0.15) is 5.75 Å². The average molecular weight is 248 g/mol. The summed E-state index contributed by atoms with van der Waals surface area (Å²) in [6.07, 6.45) is 6.26. The summed E-state index contributed by atoms with van der Waals surface area (Å²) in [5.41, 5.74) is 1.21. The van der Waals surface area contributed by atoms with Gasteiger partial charge in [0.05, 0.1) is 7.11 Å². The molecule has 0 fully saturated rings. The molecule has 0 bridgehead atoms. The van der Waals surface area contributed by atoms with Gasteiger partial charge in [0.25, 0.3) is 0 Å². The monoisotopic (exact) mass is 248 g/mol. The molecular weight excluding hydrogens is 228 g/mol. The summed E-state index contributed by atoms with van der Waals surface area (Å²) in [6.45, 7) is 2.19. The van der Waals surface area contributed by atoms with Crippen LogP contribution in [0.1, 0.15) is 31.7 Å². The van der Waals surface area contributed by atoms with E-state index >= 15 is 0 Å². The fraction of sp³-hybridized carbons (Fsp3) is 0.467. The van der Waals surface area contributed by atoms with Crippen LogP contribution in [-0.2, 0) is 6.42 Å². The Morgan fingerprint density at radius 1 is 1.29 bits per heavy atom. The third-order valence-electron chi connectivity index (χ3n) is 2.58. The van der Waals surface area contributed by atoms with Crippen LogP contribution in [0.3, 0.4) is 0 Å². The van der Waals surface area contributed by atoms with Crippen LogP contribution >= 0.6 is 11.8 Å². The lowest BCUT2D eigenvalue weighted by molar-refractivity contribution is 0.409. The largest absolute Gasteiger partial charge is 0.496 e. The number of methoxy groups -OCH3 is 1. The molecule has 0 amide bonds. The summed E-state index contributed by atoms with van der Waals surface area (Å²) in [5.74, 6) is 7.41. The Bertz CT molecular complexity index is 379. The Morgan fingerprint density at radius 2 is 2.12 bits per heavy atom. The van der Waals surface area contributed by atoms with Gasteiger partial charge in [-0.2, -0.15) is 0 Å². The van der Waals surface area contributed by atoms with Crippen molar-refractivity contribution in [2.24, 2.45) is 0 Å². The molecule has 0 saturated heterocycles. The first-order valence-electron chi connectivity index (χ1n) is 5.99. The Kier molecular flexibility index (Phi) is 6.65. The molecule has 0 atom stereocenters. The first-order valence-corrected chi connectivity index (χ1v) is 7.21. The molecule has 1 aromatic rings. The van der Waals surface area contributed by atoms with Gasteiger partial charge in [0, 0.05) is 23.3 Å². The SMILES string of the molecule is CCCCC#CCc1c(OC)cccc1SC. The fourth-order valence-corrected chi connectivity index (χ4v) is 2.24. The first-order chi connectivity index (χ1) is 8.33. The van der Waals surface area contributed by atoms with Gasteiger partial charge >= 0.3 is 0 Å². The molecule has 0 N–H and O–H groups in total. The number of hydrogen-bond acceptors (Lipinski definition) is 2. The minimum Gasteiger partial charge on any atom is -0.496 e. The number of benzene rings is 1. The predicted octanol–water partition coefficient (Wildman–Crippen LogP) is 4.15. The molecule has 1 nitrogen and oxygen atoms in total. The zero-order valence-electron chi connectivity index (χ0n) is 10.9. The van der Waals surface area contributed by atoms with E-state index in [0.29, 0.717) is 0 Å². The molecule has 0 aliphatic rings. The lowest BCUT2D eigenvalue weighted by Gasteiger charge is -2.09. The van der Waals surface area contributed by atoms with Gasteiger partial charge in [-0.3, -0.25) is 0 Å². The van der Waals surface area contributed by atoms with Crippen LogP contribution in [0.5, 0.6) is 5.75 Å². The molecule has 0 heterocycles. The Balaban J connectivity index is 2.76. The van der Waals surface area contributed by atoms with E-state index in [1.165, 1.54) is 23.3 Å². The second-order valence-electron chi connectivity index (χ2n) is 3.77. The molecule has 0 unspecified atom stereocenters. The molecule has 0 radical (unpaired) electrons. The van der Waals surface area contributed by atoms with E-state index < -0.39 is 0 Å². The quantitative estimate of drug-likeness (QED) is 0.440. The van der Waals surface area contributed by atoms with Crippen molar-refractivity contribution in [1.29, 1.82) is 0 Å². The zero-order valence-corrected chi connectivity index (χ0v) is 11.7. The lowest BCUT2D eigenvalue weighted by Crippen LogP contribution is -1.93. The first kappa shape index (κ1) is 14.0. The highest BCUT2D eigenvalue weighted by molar-refractivity contribution is 7.98. The van der Waals surface area contributed by atoms with Crippen LogP contribution in [-0.4, -0.2) is 13.4 Å². The summed E-state index contributed by atoms with van der Waals surface area (Å²) in [5, 5.41) is 0. The van der Waals surface area contributed by atoms with E-state index in [-0.39, 0.29) is 0 Å². The van der Waals surface area contributed by atoms with Gasteiger partial charge in [0.15, 0.2) is 0 Å². The van der Waals surface area contributed by atoms with Gasteiger partial charge < -0.3 is 4.74 Å². The van der Waals surface area contributed by atoms with Crippen LogP contribution in [0.15, 0.2) is 23.1 Å². The van der Waals surface area contributed by atoms with Gasteiger partial charge in [-0.15, -0.1) is 17.7 Å². The van der Waals surface area contributed by atoms with E-state index in [0.717, 1.165) is 18.6 Å². The van der Waals surface area contributed by atoms with Crippen molar-refractivity contribution in [2.75, 3.05) is 13.4 Å². The molecule has 2 heteroatoms. The smallest absolute Gasteiger partial charge is 0.124 e. The molecular formula is C15H20OS. The number of rotatable bonds is 5. The summed E-state index contributed by atoms with van der Waals surface area (Å²) in [6, 6.07) is 6.15. The highest BCUT2D eigenvalue weighted by Crippen LogP contribution is 2.28. The minimum atomic E-state index is 0.782. The summed E-state index contributed by atoms with van der Waals surface area (Å²) in [4.78, 5) is 1.26. The maximum absolute atomic E-state index is 5.38. The lowest BCUT2D eigenvalue weighted by atomic mass is 10.1. The van der Waals surface area contributed by atoms with Gasteiger partial charge in [0.2, 0.25) is 0 Å². The standard InChI is InChI=1S/C15H20OS/c1-4-5-6-7-8-10-13-14(16-2)11-9-12-15(13)17-3/h9,11-12H,4-6,10H2,1-3H3. The second kappa shape index (κ2) is 8.08. The highest BCUT2D eigenvalue weighted by Gasteiger charge is 2.06. The van der Waals surface area contributed by atoms with Crippen molar-refractivity contribution in [2.45, 2.75) is 37.5 Å². The van der Waals surface area contributed by atoms with E-state index in [4.69, 9.17) is 4.74 Å². The van der Waals surface area contributed by atoms with Crippen LogP contribution in [0.4, 0.5) is 0 Å². The van der Waals surface area contributed by atoms with Crippen LogP contribution < -0.4 is 4.74 Å². The van der Waals surface area contributed by atoms with E-state index in [1.807, 2.05) is 12.1 Å². The summed E-state index contributed by atoms with van der Waals surface area (Å²) in [7, 11) is 1.72. The number of thioether (sulfide) groups is 1. The topological polar surface area (TPSA) is 9.23 Å². The number of ether oxygens (including phenoxy) is 1. The molecule has 17 heavy (non-hydrogen) atoms. The molecule has 0 spiro atoms. The van der Waals surface area contributed by atoms with E-state index in [9.17, 15) is 0 Å². The highest BCUT2D eigenvalue weighted by atomic mass is 32.2. The Morgan fingerprint density at radius 3 is 2.76 bits per heavy atom. The summed E-state index contributed by atoms with van der Waals surface area (Å²) >= 11 is 1.75. The zero-order chi connectivity index (χ0) is 12.5. The Labute approximate surface area is 109 Å². The second-order valence-corrected chi connectivity index (χ2v) is 4.62. The Hall–Kier alpha value is -1.07. The van der Waals surface area contributed by atoms with Crippen LogP contribution in [0.25, 0.3) is 0 Å². The maximum atomic E-state index is 5.38. The summed E-state index contributed by atoms with van der Waals surface area (Å²) < 4.78 is 5.38. The average Bonchev–Trinajstić information content (AvgIpc) is 2.38. The molecule has 1 aromatic carbocycles. The van der Waals surface area contributed by atoms with Gasteiger partial charge in [-0.1, -0.05) is 25.3 Å². The van der Waals surface area contributed by atoms with Crippen LogP contribution in [0.2, 0.25) is 0 Å². The number of hydrogen-bond donors (Lipinski definition) is 0. The fourth-order valence-electron chi connectivity index (χ4n) is 1.61. The molecule has 0 aliphatic carbocycles. The molecule has 0 saturated carbocycles. The van der Waals surface area contributed by atoms with Crippen molar-refractivity contribution in [1.82, 2.24) is 0 Å². The maximum Gasteiger partial charge on any atom is 0.124 e. The molecule has 1 rings (SSSR count). The van der Waals surface area contributed by atoms with Crippen molar-refractivity contribution in [3.63, 3.8) is 0 Å². The van der Waals surface area contributed by atoms with Crippen molar-refractivity contribution < 1.29 is 4.74 Å².